The van der Waals surface area contributed by atoms with E-state index in [4.69, 9.17) is 0 Å². The summed E-state index contributed by atoms with van der Waals surface area (Å²) in [6, 6.07) is 8.57. The lowest BCUT2D eigenvalue weighted by Gasteiger charge is -2.34. The number of benzene rings is 1. The van der Waals surface area contributed by atoms with Crippen molar-refractivity contribution in [2.45, 2.75) is 45.1 Å². The Bertz CT molecular complexity index is 413. The van der Waals surface area contributed by atoms with Crippen LogP contribution >= 0.6 is 0 Å². The minimum Gasteiger partial charge on any atom is -0.389 e. The van der Waals surface area contributed by atoms with Crippen LogP contribution in [0.4, 0.5) is 0 Å². The van der Waals surface area contributed by atoms with Crippen molar-refractivity contribution in [1.82, 2.24) is 0 Å². The van der Waals surface area contributed by atoms with Gasteiger partial charge in [0.2, 0.25) is 0 Å². The number of rotatable bonds is 1. The fourth-order valence-electron chi connectivity index (χ4n) is 2.53. The van der Waals surface area contributed by atoms with E-state index in [9.17, 15) is 5.11 Å². The second-order valence-electron chi connectivity index (χ2n) is 5.36. The van der Waals surface area contributed by atoms with Crippen LogP contribution in [0.1, 0.15) is 44.7 Å². The molecule has 0 radical (unpaired) electrons. The van der Waals surface area contributed by atoms with Crippen molar-refractivity contribution in [2.24, 2.45) is 0 Å². The summed E-state index contributed by atoms with van der Waals surface area (Å²) in [6.07, 6.45) is 3.84. The van der Waals surface area contributed by atoms with Gasteiger partial charge in [0.05, 0.1) is 6.10 Å². The molecule has 0 amide bonds. The Labute approximate surface area is 97.8 Å². The Balaban J connectivity index is 2.52. The molecule has 0 fully saturated rings. The molecule has 1 aliphatic carbocycles. The first-order valence-corrected chi connectivity index (χ1v) is 5.99. The van der Waals surface area contributed by atoms with Crippen molar-refractivity contribution >= 4 is 5.57 Å². The van der Waals surface area contributed by atoms with Crippen LogP contribution in [0.2, 0.25) is 0 Å². The number of hydrogen-bond donors (Lipinski definition) is 1. The third-order valence-corrected chi connectivity index (χ3v) is 3.46. The maximum atomic E-state index is 9.48. The summed E-state index contributed by atoms with van der Waals surface area (Å²) in [4.78, 5) is 0. The first-order valence-electron chi connectivity index (χ1n) is 5.99. The molecule has 1 aromatic rings. The lowest BCUT2D eigenvalue weighted by molar-refractivity contribution is 0.244. The zero-order valence-electron chi connectivity index (χ0n) is 10.3. The molecule has 0 saturated carbocycles. The van der Waals surface area contributed by atoms with Gasteiger partial charge in [-0.1, -0.05) is 44.2 Å². The van der Waals surface area contributed by atoms with Gasteiger partial charge in [-0.25, -0.2) is 0 Å². The normalized spacial score (nSPS) is 22.9. The lowest BCUT2D eigenvalue weighted by atomic mass is 9.71. The van der Waals surface area contributed by atoms with E-state index in [1.165, 1.54) is 16.7 Å². The molecule has 0 aliphatic heterocycles. The van der Waals surface area contributed by atoms with Gasteiger partial charge in [0, 0.05) is 0 Å². The maximum absolute atomic E-state index is 9.48. The highest BCUT2D eigenvalue weighted by Crippen LogP contribution is 2.41. The third kappa shape index (κ3) is 2.05. The van der Waals surface area contributed by atoms with E-state index < -0.39 is 0 Å². The molecule has 86 valence electrons. The molecule has 1 atom stereocenters. The van der Waals surface area contributed by atoms with Gasteiger partial charge in [-0.3, -0.25) is 0 Å². The van der Waals surface area contributed by atoms with Crippen LogP contribution in [0.5, 0.6) is 0 Å². The number of aliphatic hydroxyl groups excluding tert-OH is 1. The molecule has 1 unspecified atom stereocenters. The molecule has 1 heteroatoms. The van der Waals surface area contributed by atoms with Crippen LogP contribution in [-0.2, 0) is 5.41 Å². The van der Waals surface area contributed by atoms with Gasteiger partial charge in [0.25, 0.3) is 0 Å². The molecular formula is C15H20O. The van der Waals surface area contributed by atoms with Crippen molar-refractivity contribution in [3.63, 3.8) is 0 Å². The summed E-state index contributed by atoms with van der Waals surface area (Å²) in [6.45, 7) is 6.41. The summed E-state index contributed by atoms with van der Waals surface area (Å²) < 4.78 is 0. The molecule has 1 aromatic carbocycles. The maximum Gasteiger partial charge on any atom is 0.0698 e. The van der Waals surface area contributed by atoms with Crippen LogP contribution in [0.15, 0.2) is 30.3 Å². The van der Waals surface area contributed by atoms with E-state index in [0.717, 1.165) is 12.8 Å². The zero-order valence-corrected chi connectivity index (χ0v) is 10.3. The zero-order chi connectivity index (χ0) is 11.8. The van der Waals surface area contributed by atoms with Crippen molar-refractivity contribution in [1.29, 1.82) is 0 Å². The average Bonchev–Trinajstić information content (AvgIpc) is 2.23. The summed E-state index contributed by atoms with van der Waals surface area (Å²) >= 11 is 0. The second-order valence-corrected chi connectivity index (χ2v) is 5.36. The average molecular weight is 216 g/mol. The van der Waals surface area contributed by atoms with Gasteiger partial charge >= 0.3 is 0 Å². The van der Waals surface area contributed by atoms with Crippen LogP contribution in [0.3, 0.4) is 0 Å². The van der Waals surface area contributed by atoms with Gasteiger partial charge in [-0.05, 0) is 41.9 Å². The molecule has 1 nitrogen and oxygen atoms in total. The molecule has 0 spiro atoms. The summed E-state index contributed by atoms with van der Waals surface area (Å²) in [5.41, 5.74) is 4.28. The minimum atomic E-state index is -0.357. The third-order valence-electron chi connectivity index (χ3n) is 3.46. The molecule has 1 aliphatic rings. The summed E-state index contributed by atoms with van der Waals surface area (Å²) in [5.74, 6) is 0. The highest BCUT2D eigenvalue weighted by Gasteiger charge is 2.29. The fraction of sp³-hybridized carbons (Fsp3) is 0.467. The summed E-state index contributed by atoms with van der Waals surface area (Å²) in [5, 5.41) is 9.48. The quantitative estimate of drug-likeness (QED) is 0.761. The topological polar surface area (TPSA) is 20.2 Å². The SMILES string of the molecule is CC(O)/C=C1/CCC(C)(C)c2ccccc21. The molecule has 16 heavy (non-hydrogen) atoms. The Morgan fingerprint density at radius 3 is 2.69 bits per heavy atom. The molecule has 0 bridgehead atoms. The van der Waals surface area contributed by atoms with Crippen molar-refractivity contribution in [2.75, 3.05) is 0 Å². The van der Waals surface area contributed by atoms with Crippen LogP contribution in [-0.4, -0.2) is 11.2 Å². The fourth-order valence-corrected chi connectivity index (χ4v) is 2.53. The minimum absolute atomic E-state index is 0.257. The Morgan fingerprint density at radius 1 is 1.31 bits per heavy atom. The van der Waals surface area contributed by atoms with E-state index in [1.807, 2.05) is 13.0 Å². The summed E-state index contributed by atoms with van der Waals surface area (Å²) in [7, 11) is 0. The molecule has 0 saturated heterocycles. The van der Waals surface area contributed by atoms with Crippen molar-refractivity contribution < 1.29 is 5.11 Å². The van der Waals surface area contributed by atoms with E-state index in [-0.39, 0.29) is 11.5 Å². The smallest absolute Gasteiger partial charge is 0.0698 e. The van der Waals surface area contributed by atoms with Crippen molar-refractivity contribution in [3.8, 4) is 0 Å². The Hall–Kier alpha value is -1.08. The van der Waals surface area contributed by atoms with Gasteiger partial charge in [-0.15, -0.1) is 0 Å². The molecule has 0 heterocycles. The molecular weight excluding hydrogens is 196 g/mol. The van der Waals surface area contributed by atoms with E-state index >= 15 is 0 Å². The monoisotopic (exact) mass is 216 g/mol. The number of hydrogen-bond acceptors (Lipinski definition) is 1. The standard InChI is InChI=1S/C15H20O/c1-11(16)10-12-8-9-15(2,3)14-7-5-4-6-13(12)14/h4-7,10-11,16H,8-9H2,1-3H3/b12-10-. The van der Waals surface area contributed by atoms with Crippen LogP contribution in [0, 0.1) is 0 Å². The van der Waals surface area contributed by atoms with E-state index in [0.29, 0.717) is 0 Å². The highest BCUT2D eigenvalue weighted by atomic mass is 16.3. The largest absolute Gasteiger partial charge is 0.389 e. The predicted octanol–water partition coefficient (Wildman–Crippen LogP) is 3.52. The van der Waals surface area contributed by atoms with Gasteiger partial charge in [-0.2, -0.15) is 0 Å². The number of allylic oxidation sites excluding steroid dienone is 1. The van der Waals surface area contributed by atoms with Gasteiger partial charge in [0.15, 0.2) is 0 Å². The first kappa shape index (κ1) is 11.4. The van der Waals surface area contributed by atoms with E-state index in [1.54, 1.807) is 0 Å². The number of aliphatic hydroxyl groups is 1. The molecule has 2 rings (SSSR count). The lowest BCUT2D eigenvalue weighted by Crippen LogP contribution is -2.23. The van der Waals surface area contributed by atoms with Crippen molar-refractivity contribution in [3.05, 3.63) is 41.5 Å². The second kappa shape index (κ2) is 4.06. The van der Waals surface area contributed by atoms with Crippen LogP contribution < -0.4 is 0 Å². The van der Waals surface area contributed by atoms with Gasteiger partial charge in [0.1, 0.15) is 0 Å². The first-order chi connectivity index (χ1) is 7.50. The predicted molar refractivity (Wildman–Crippen MR) is 68.4 cm³/mol. The molecule has 0 aromatic heterocycles. The Kier molecular flexibility index (Phi) is 2.90. The van der Waals surface area contributed by atoms with E-state index in [2.05, 4.69) is 38.1 Å². The van der Waals surface area contributed by atoms with Gasteiger partial charge < -0.3 is 5.11 Å². The Morgan fingerprint density at radius 2 is 2.00 bits per heavy atom. The number of fused-ring (bicyclic) bond motifs is 1. The van der Waals surface area contributed by atoms with Crippen LogP contribution in [0.25, 0.3) is 5.57 Å². The highest BCUT2D eigenvalue weighted by molar-refractivity contribution is 5.71. The molecule has 1 N–H and O–H groups in total.